The van der Waals surface area contributed by atoms with Crippen LogP contribution in [0.3, 0.4) is 0 Å². The molecule has 0 radical (unpaired) electrons. The molecule has 0 unspecified atom stereocenters. The maximum absolute atomic E-state index is 12.3. The van der Waals surface area contributed by atoms with E-state index in [2.05, 4.69) is 17.1 Å². The fourth-order valence-electron chi connectivity index (χ4n) is 3.36. The van der Waals surface area contributed by atoms with Gasteiger partial charge in [0.2, 0.25) is 5.91 Å². The molecule has 0 aliphatic carbocycles. The van der Waals surface area contributed by atoms with Crippen molar-refractivity contribution < 1.29 is 9.53 Å². The topological polar surface area (TPSA) is 41.6 Å². The van der Waals surface area contributed by atoms with Gasteiger partial charge in [-0.15, -0.1) is 0 Å². The van der Waals surface area contributed by atoms with Crippen molar-refractivity contribution >= 4 is 58.2 Å². The van der Waals surface area contributed by atoms with Crippen molar-refractivity contribution in [1.29, 1.82) is 0 Å². The van der Waals surface area contributed by atoms with Gasteiger partial charge in [-0.2, -0.15) is 0 Å². The molecule has 1 saturated heterocycles. The number of benzene rings is 2. The first kappa shape index (κ1) is 21.8. The Morgan fingerprint density at radius 1 is 1.14 bits per heavy atom. The van der Waals surface area contributed by atoms with E-state index in [0.717, 1.165) is 37.5 Å². The zero-order valence-corrected chi connectivity index (χ0v) is 18.6. The van der Waals surface area contributed by atoms with Gasteiger partial charge in [0, 0.05) is 35.4 Å². The lowest BCUT2D eigenvalue weighted by Crippen LogP contribution is -2.32. The maximum Gasteiger partial charge on any atom is 0.248 e. The molecule has 1 aliphatic heterocycles. The SMILES string of the molecule is COc1c(Cl)cc(Cl)cc1/C=C/C(=O)Nc1ccc(N2CCC(C)CC2)c(Cl)c1. The van der Waals surface area contributed by atoms with Crippen molar-refractivity contribution in [3.05, 3.63) is 57.0 Å². The predicted octanol–water partition coefficient (Wildman–Crippen LogP) is 6.54. The number of nitrogens with one attached hydrogen (secondary N) is 1. The smallest absolute Gasteiger partial charge is 0.248 e. The third-order valence-electron chi connectivity index (χ3n) is 5.00. The summed E-state index contributed by atoms with van der Waals surface area (Å²) in [5.74, 6) is 0.922. The van der Waals surface area contributed by atoms with E-state index < -0.39 is 0 Å². The highest BCUT2D eigenvalue weighted by Crippen LogP contribution is 2.34. The molecule has 7 heteroatoms. The summed E-state index contributed by atoms with van der Waals surface area (Å²) in [6.45, 7) is 4.27. The molecule has 1 heterocycles. The number of hydrogen-bond acceptors (Lipinski definition) is 3. The van der Waals surface area contributed by atoms with Gasteiger partial charge in [-0.1, -0.05) is 41.7 Å². The zero-order chi connectivity index (χ0) is 21.0. The molecule has 1 amide bonds. The summed E-state index contributed by atoms with van der Waals surface area (Å²) in [6.07, 6.45) is 5.34. The fraction of sp³-hybridized carbons (Fsp3) is 0.318. The van der Waals surface area contributed by atoms with Gasteiger partial charge in [0.05, 0.1) is 22.8 Å². The van der Waals surface area contributed by atoms with Crippen LogP contribution in [0.15, 0.2) is 36.4 Å². The number of nitrogens with zero attached hydrogens (tertiary/aromatic N) is 1. The molecular weight excluding hydrogens is 431 g/mol. The highest BCUT2D eigenvalue weighted by molar-refractivity contribution is 6.36. The summed E-state index contributed by atoms with van der Waals surface area (Å²) in [5.41, 5.74) is 2.26. The molecule has 3 rings (SSSR count). The van der Waals surface area contributed by atoms with Crippen molar-refractivity contribution in [2.24, 2.45) is 5.92 Å². The summed E-state index contributed by atoms with van der Waals surface area (Å²) in [5, 5.41) is 4.30. The Balaban J connectivity index is 1.68. The molecule has 2 aromatic carbocycles. The lowest BCUT2D eigenvalue weighted by atomic mass is 9.99. The standard InChI is InChI=1S/C22H23Cl3N2O2/c1-14-7-9-27(10-8-14)20-5-4-17(13-18(20)24)26-21(28)6-3-15-11-16(23)12-19(25)22(15)29-2/h3-6,11-14H,7-10H2,1-2H3,(H,26,28)/b6-3+. The second-order valence-electron chi connectivity index (χ2n) is 7.17. The van der Waals surface area contributed by atoms with Crippen LogP contribution in [0.25, 0.3) is 6.08 Å². The minimum atomic E-state index is -0.293. The molecule has 1 aliphatic rings. The Morgan fingerprint density at radius 2 is 1.86 bits per heavy atom. The van der Waals surface area contributed by atoms with Crippen molar-refractivity contribution in [3.63, 3.8) is 0 Å². The van der Waals surface area contributed by atoms with E-state index in [1.165, 1.54) is 13.2 Å². The van der Waals surface area contributed by atoms with Crippen molar-refractivity contribution in [2.75, 3.05) is 30.4 Å². The van der Waals surface area contributed by atoms with E-state index in [0.29, 0.717) is 32.1 Å². The monoisotopic (exact) mass is 452 g/mol. The molecular formula is C22H23Cl3N2O2. The van der Waals surface area contributed by atoms with Gasteiger partial charge >= 0.3 is 0 Å². The zero-order valence-electron chi connectivity index (χ0n) is 16.3. The largest absolute Gasteiger partial charge is 0.495 e. The summed E-state index contributed by atoms with van der Waals surface area (Å²) in [4.78, 5) is 14.6. The van der Waals surface area contributed by atoms with Crippen LogP contribution in [-0.2, 0) is 4.79 Å². The minimum Gasteiger partial charge on any atom is -0.495 e. The summed E-state index contributed by atoms with van der Waals surface area (Å²) < 4.78 is 5.28. The molecule has 1 N–H and O–H groups in total. The van der Waals surface area contributed by atoms with Crippen LogP contribution < -0.4 is 15.0 Å². The lowest BCUT2D eigenvalue weighted by Gasteiger charge is -2.32. The average Bonchev–Trinajstić information content (AvgIpc) is 2.67. The van der Waals surface area contributed by atoms with E-state index >= 15 is 0 Å². The van der Waals surface area contributed by atoms with Gasteiger partial charge in [0.25, 0.3) is 0 Å². The van der Waals surface area contributed by atoms with Gasteiger partial charge in [0.1, 0.15) is 5.75 Å². The first-order valence-corrected chi connectivity index (χ1v) is 10.6. The number of halogens is 3. The predicted molar refractivity (Wildman–Crippen MR) is 123 cm³/mol. The van der Waals surface area contributed by atoms with E-state index in [1.807, 2.05) is 12.1 Å². The van der Waals surface area contributed by atoms with Crippen LogP contribution in [-0.4, -0.2) is 26.1 Å². The number of ether oxygens (including phenoxy) is 1. The molecule has 0 atom stereocenters. The van der Waals surface area contributed by atoms with Crippen LogP contribution in [0, 0.1) is 5.92 Å². The van der Waals surface area contributed by atoms with E-state index in [9.17, 15) is 4.79 Å². The lowest BCUT2D eigenvalue weighted by molar-refractivity contribution is -0.111. The van der Waals surface area contributed by atoms with E-state index in [4.69, 9.17) is 39.5 Å². The van der Waals surface area contributed by atoms with Gasteiger partial charge in [-0.25, -0.2) is 0 Å². The molecule has 0 aromatic heterocycles. The number of amides is 1. The maximum atomic E-state index is 12.3. The normalized spacial score (nSPS) is 15.0. The summed E-state index contributed by atoms with van der Waals surface area (Å²) >= 11 is 18.6. The molecule has 4 nitrogen and oxygen atoms in total. The first-order valence-electron chi connectivity index (χ1n) is 9.44. The van der Waals surface area contributed by atoms with E-state index in [-0.39, 0.29) is 5.91 Å². The summed E-state index contributed by atoms with van der Waals surface area (Å²) in [7, 11) is 1.51. The fourth-order valence-corrected chi connectivity index (χ4v) is 4.25. The third-order valence-corrected chi connectivity index (χ3v) is 5.80. The first-order chi connectivity index (χ1) is 13.9. The van der Waals surface area contributed by atoms with Crippen LogP contribution in [0.2, 0.25) is 15.1 Å². The molecule has 154 valence electrons. The Labute approximate surface area is 186 Å². The summed E-state index contributed by atoms with van der Waals surface area (Å²) in [6, 6.07) is 8.86. The third kappa shape index (κ3) is 5.59. The molecule has 1 fully saturated rings. The van der Waals surface area contributed by atoms with Gasteiger partial charge in [-0.05, 0) is 55.2 Å². The van der Waals surface area contributed by atoms with Gasteiger partial charge in [0.15, 0.2) is 0 Å². The van der Waals surface area contributed by atoms with Crippen LogP contribution in [0.1, 0.15) is 25.3 Å². The quantitative estimate of drug-likeness (QED) is 0.522. The van der Waals surface area contributed by atoms with Gasteiger partial charge < -0.3 is 15.0 Å². The Hall–Kier alpha value is -1.88. The molecule has 29 heavy (non-hydrogen) atoms. The molecule has 0 spiro atoms. The average molecular weight is 454 g/mol. The van der Waals surface area contributed by atoms with Crippen LogP contribution in [0.5, 0.6) is 5.75 Å². The molecule has 2 aromatic rings. The number of rotatable bonds is 5. The second-order valence-corrected chi connectivity index (χ2v) is 8.42. The molecule has 0 saturated carbocycles. The number of methoxy groups -OCH3 is 1. The highest BCUT2D eigenvalue weighted by Gasteiger charge is 2.18. The Morgan fingerprint density at radius 3 is 2.52 bits per heavy atom. The van der Waals surface area contributed by atoms with Gasteiger partial charge in [-0.3, -0.25) is 4.79 Å². The highest BCUT2D eigenvalue weighted by atomic mass is 35.5. The minimum absolute atomic E-state index is 0.293. The van der Waals surface area contributed by atoms with Crippen molar-refractivity contribution in [2.45, 2.75) is 19.8 Å². The number of anilines is 2. The second kappa shape index (κ2) is 9.75. The number of hydrogen-bond donors (Lipinski definition) is 1. The number of piperidine rings is 1. The Bertz CT molecular complexity index is 923. The van der Waals surface area contributed by atoms with Crippen molar-refractivity contribution in [3.8, 4) is 5.75 Å². The van der Waals surface area contributed by atoms with E-state index in [1.54, 1.807) is 24.3 Å². The van der Waals surface area contributed by atoms with Crippen molar-refractivity contribution in [1.82, 2.24) is 0 Å². The Kier molecular flexibility index (Phi) is 7.33. The number of carbonyl (C=O) groups excluding carboxylic acids is 1. The van der Waals surface area contributed by atoms with Crippen LogP contribution in [0.4, 0.5) is 11.4 Å². The van der Waals surface area contributed by atoms with Crippen LogP contribution >= 0.6 is 34.8 Å². The molecule has 0 bridgehead atoms. The number of carbonyl (C=O) groups is 1.